The first-order valence-electron chi connectivity index (χ1n) is 6.52. The third kappa shape index (κ3) is 2.15. The number of nitrogens with two attached hydrogens (primary N) is 1. The van der Waals surface area contributed by atoms with Crippen LogP contribution in [-0.4, -0.2) is 21.0 Å². The second-order valence-electron chi connectivity index (χ2n) is 5.10. The molecule has 1 unspecified atom stereocenters. The van der Waals surface area contributed by atoms with Gasteiger partial charge in [0, 0.05) is 34.6 Å². The van der Waals surface area contributed by atoms with E-state index in [0.717, 1.165) is 29.1 Å². The molecule has 2 heterocycles. The zero-order chi connectivity index (χ0) is 13.4. The van der Waals surface area contributed by atoms with E-state index in [1.165, 1.54) is 10.9 Å². The molecule has 0 saturated carbocycles. The number of hydrogen-bond donors (Lipinski definition) is 3. The van der Waals surface area contributed by atoms with Gasteiger partial charge in [-0.25, -0.2) is 4.98 Å². The lowest BCUT2D eigenvalue weighted by molar-refractivity contribution is 0.710. The van der Waals surface area contributed by atoms with Crippen LogP contribution in [0.4, 0.5) is 0 Å². The van der Waals surface area contributed by atoms with E-state index in [2.05, 4.69) is 40.1 Å². The van der Waals surface area contributed by atoms with Crippen LogP contribution >= 0.6 is 0 Å². The Morgan fingerprint density at radius 2 is 2.05 bits per heavy atom. The molecule has 0 bridgehead atoms. The minimum absolute atomic E-state index is 0.114. The molecule has 4 heteroatoms. The SMILES string of the molecule is Cc1[nH]c2ccccc2c1-c1cnc(CC(C)N)[nH]1. The van der Waals surface area contributed by atoms with Gasteiger partial charge in [-0.05, 0) is 19.9 Å². The molecule has 3 aromatic rings. The van der Waals surface area contributed by atoms with E-state index in [0.29, 0.717) is 0 Å². The lowest BCUT2D eigenvalue weighted by Crippen LogP contribution is -2.18. The Balaban J connectivity index is 2.08. The highest BCUT2D eigenvalue weighted by Gasteiger charge is 2.12. The van der Waals surface area contributed by atoms with Gasteiger partial charge < -0.3 is 15.7 Å². The van der Waals surface area contributed by atoms with Crippen molar-refractivity contribution in [3.05, 3.63) is 42.0 Å². The zero-order valence-corrected chi connectivity index (χ0v) is 11.2. The van der Waals surface area contributed by atoms with Crippen LogP contribution < -0.4 is 5.73 Å². The fourth-order valence-corrected chi connectivity index (χ4v) is 2.52. The van der Waals surface area contributed by atoms with Crippen LogP contribution in [0.3, 0.4) is 0 Å². The van der Waals surface area contributed by atoms with E-state index >= 15 is 0 Å². The standard InChI is InChI=1S/C15H18N4/c1-9(16)7-14-17-8-13(19-14)15-10(2)18-12-6-4-3-5-11(12)15/h3-6,8-9,18H,7,16H2,1-2H3,(H,17,19). The highest BCUT2D eigenvalue weighted by molar-refractivity contribution is 5.96. The summed E-state index contributed by atoms with van der Waals surface area (Å²) in [6.07, 6.45) is 2.65. The van der Waals surface area contributed by atoms with E-state index in [1.807, 2.05) is 19.2 Å². The Bertz CT molecular complexity index is 706. The van der Waals surface area contributed by atoms with Crippen molar-refractivity contribution >= 4 is 10.9 Å². The van der Waals surface area contributed by atoms with Crippen molar-refractivity contribution in [2.24, 2.45) is 5.73 Å². The van der Waals surface area contributed by atoms with Gasteiger partial charge in [0.05, 0.1) is 11.9 Å². The number of para-hydroxylation sites is 1. The average Bonchev–Trinajstić information content (AvgIpc) is 2.91. The van der Waals surface area contributed by atoms with Gasteiger partial charge in [-0.1, -0.05) is 18.2 Å². The minimum atomic E-state index is 0.114. The summed E-state index contributed by atoms with van der Waals surface area (Å²) in [5, 5.41) is 1.22. The number of benzene rings is 1. The Kier molecular flexibility index (Phi) is 2.87. The molecule has 4 N–H and O–H groups in total. The molecule has 2 aromatic heterocycles. The molecule has 0 amide bonds. The average molecular weight is 254 g/mol. The van der Waals surface area contributed by atoms with E-state index in [4.69, 9.17) is 5.73 Å². The summed E-state index contributed by atoms with van der Waals surface area (Å²) < 4.78 is 0. The summed E-state index contributed by atoms with van der Waals surface area (Å²) in [5.74, 6) is 0.940. The molecule has 0 aliphatic heterocycles. The molecule has 0 spiro atoms. The predicted molar refractivity (Wildman–Crippen MR) is 78.0 cm³/mol. The van der Waals surface area contributed by atoms with E-state index in [1.54, 1.807) is 0 Å². The smallest absolute Gasteiger partial charge is 0.108 e. The van der Waals surface area contributed by atoms with Gasteiger partial charge in [-0.3, -0.25) is 0 Å². The molecule has 0 aliphatic rings. The van der Waals surface area contributed by atoms with Crippen LogP contribution in [0, 0.1) is 6.92 Å². The van der Waals surface area contributed by atoms with Crippen LogP contribution in [0.1, 0.15) is 18.4 Å². The van der Waals surface area contributed by atoms with Gasteiger partial charge in [0.25, 0.3) is 0 Å². The number of hydrogen-bond acceptors (Lipinski definition) is 2. The molecule has 1 atom stereocenters. The van der Waals surface area contributed by atoms with Crippen molar-refractivity contribution in [2.45, 2.75) is 26.3 Å². The van der Waals surface area contributed by atoms with Crippen molar-refractivity contribution in [3.8, 4) is 11.3 Å². The summed E-state index contributed by atoms with van der Waals surface area (Å²) in [5.41, 5.74) is 10.3. The van der Waals surface area contributed by atoms with Crippen LogP contribution in [0.5, 0.6) is 0 Å². The minimum Gasteiger partial charge on any atom is -0.358 e. The monoisotopic (exact) mass is 254 g/mol. The van der Waals surface area contributed by atoms with Gasteiger partial charge in [0.2, 0.25) is 0 Å². The van der Waals surface area contributed by atoms with Gasteiger partial charge in [-0.2, -0.15) is 0 Å². The van der Waals surface area contributed by atoms with Crippen molar-refractivity contribution in [1.29, 1.82) is 0 Å². The highest BCUT2D eigenvalue weighted by Crippen LogP contribution is 2.30. The topological polar surface area (TPSA) is 70.5 Å². The summed E-state index contributed by atoms with van der Waals surface area (Å²) in [6, 6.07) is 8.42. The molecule has 19 heavy (non-hydrogen) atoms. The number of aromatic nitrogens is 3. The van der Waals surface area contributed by atoms with Crippen LogP contribution in [0.2, 0.25) is 0 Å². The van der Waals surface area contributed by atoms with Crippen LogP contribution in [0.25, 0.3) is 22.2 Å². The second-order valence-corrected chi connectivity index (χ2v) is 5.10. The Labute approximate surface area is 112 Å². The predicted octanol–water partition coefficient (Wildman–Crippen LogP) is 2.76. The maximum atomic E-state index is 5.81. The number of rotatable bonds is 3. The molecule has 3 rings (SSSR count). The van der Waals surface area contributed by atoms with E-state index in [9.17, 15) is 0 Å². The number of nitrogens with zero attached hydrogens (tertiary/aromatic N) is 1. The molecule has 98 valence electrons. The summed E-state index contributed by atoms with van der Waals surface area (Å²) in [6.45, 7) is 4.07. The van der Waals surface area contributed by atoms with Gasteiger partial charge in [0.1, 0.15) is 5.82 Å². The third-order valence-corrected chi connectivity index (χ3v) is 3.31. The molecule has 4 nitrogen and oxygen atoms in total. The quantitative estimate of drug-likeness (QED) is 0.672. The van der Waals surface area contributed by atoms with E-state index in [-0.39, 0.29) is 6.04 Å². The fourth-order valence-electron chi connectivity index (χ4n) is 2.52. The van der Waals surface area contributed by atoms with Gasteiger partial charge in [0.15, 0.2) is 0 Å². The molecular formula is C15H18N4. The van der Waals surface area contributed by atoms with Crippen LogP contribution in [0.15, 0.2) is 30.5 Å². The molecule has 0 radical (unpaired) electrons. The van der Waals surface area contributed by atoms with Crippen LogP contribution in [-0.2, 0) is 6.42 Å². The second kappa shape index (κ2) is 4.55. The van der Waals surface area contributed by atoms with Gasteiger partial charge in [-0.15, -0.1) is 0 Å². The van der Waals surface area contributed by atoms with Crippen molar-refractivity contribution in [3.63, 3.8) is 0 Å². The Morgan fingerprint density at radius 1 is 1.26 bits per heavy atom. The van der Waals surface area contributed by atoms with E-state index < -0.39 is 0 Å². The Morgan fingerprint density at radius 3 is 2.84 bits per heavy atom. The third-order valence-electron chi connectivity index (χ3n) is 3.31. The maximum absolute atomic E-state index is 5.81. The normalized spacial score (nSPS) is 13.0. The summed E-state index contributed by atoms with van der Waals surface area (Å²) >= 11 is 0. The maximum Gasteiger partial charge on any atom is 0.108 e. The molecule has 1 aromatic carbocycles. The lowest BCUT2D eigenvalue weighted by Gasteiger charge is -2.01. The van der Waals surface area contributed by atoms with Crippen molar-refractivity contribution < 1.29 is 0 Å². The molecule has 0 fully saturated rings. The number of aromatic amines is 2. The zero-order valence-electron chi connectivity index (χ0n) is 11.2. The van der Waals surface area contributed by atoms with Crippen molar-refractivity contribution in [1.82, 2.24) is 15.0 Å². The number of aryl methyl sites for hydroxylation is 1. The largest absolute Gasteiger partial charge is 0.358 e. The number of nitrogens with one attached hydrogen (secondary N) is 2. The first kappa shape index (κ1) is 12.0. The number of fused-ring (bicyclic) bond motifs is 1. The number of imidazole rings is 1. The first-order valence-corrected chi connectivity index (χ1v) is 6.52. The Hall–Kier alpha value is -2.07. The molecule has 0 saturated heterocycles. The number of H-pyrrole nitrogens is 2. The first-order chi connectivity index (χ1) is 9.15. The summed E-state index contributed by atoms with van der Waals surface area (Å²) in [7, 11) is 0. The lowest BCUT2D eigenvalue weighted by atomic mass is 10.1. The molecule has 0 aliphatic carbocycles. The fraction of sp³-hybridized carbons (Fsp3) is 0.267. The van der Waals surface area contributed by atoms with Crippen molar-refractivity contribution in [2.75, 3.05) is 0 Å². The highest BCUT2D eigenvalue weighted by atomic mass is 14.9. The van der Waals surface area contributed by atoms with Gasteiger partial charge >= 0.3 is 0 Å². The molecular weight excluding hydrogens is 236 g/mol. The summed E-state index contributed by atoms with van der Waals surface area (Å²) in [4.78, 5) is 11.2.